The van der Waals surface area contributed by atoms with Gasteiger partial charge in [0.05, 0.1) is 4.90 Å². The van der Waals surface area contributed by atoms with Gasteiger partial charge in [-0.1, -0.05) is 24.3 Å². The zero-order valence-corrected chi connectivity index (χ0v) is 12.0. The van der Waals surface area contributed by atoms with Crippen molar-refractivity contribution < 1.29 is 13.0 Å². The quantitative estimate of drug-likeness (QED) is 0.860. The Labute approximate surface area is 119 Å². The van der Waals surface area contributed by atoms with Crippen LogP contribution in [0.3, 0.4) is 0 Å². The van der Waals surface area contributed by atoms with Crippen molar-refractivity contribution in [2.75, 3.05) is 11.4 Å². The first kappa shape index (κ1) is 14.6. The van der Waals surface area contributed by atoms with Gasteiger partial charge >= 0.3 is 0 Å². The van der Waals surface area contributed by atoms with Crippen molar-refractivity contribution >= 4 is 15.8 Å². The van der Waals surface area contributed by atoms with E-state index in [0.29, 0.717) is 6.54 Å². The van der Waals surface area contributed by atoms with Crippen molar-refractivity contribution in [2.24, 2.45) is 0 Å². The van der Waals surface area contributed by atoms with Crippen LogP contribution in [0.5, 0.6) is 0 Å². The number of nitrogens with zero attached hydrogens (tertiary/aromatic N) is 1. The fraction of sp³-hybridized carbons (Fsp3) is 0.200. The van der Waals surface area contributed by atoms with E-state index in [2.05, 4.69) is 11.0 Å². The van der Waals surface area contributed by atoms with Crippen LogP contribution in [-0.2, 0) is 16.7 Å². The maximum Gasteiger partial charge on any atom is 0.294 e. The molecule has 0 spiro atoms. The second-order valence-corrected chi connectivity index (χ2v) is 5.82. The van der Waals surface area contributed by atoms with E-state index in [0.717, 1.165) is 17.8 Å². The van der Waals surface area contributed by atoms with E-state index in [1.165, 1.54) is 12.1 Å². The molecule has 1 radical (unpaired) electrons. The van der Waals surface area contributed by atoms with E-state index in [1.807, 2.05) is 37.3 Å². The van der Waals surface area contributed by atoms with Crippen molar-refractivity contribution in [3.63, 3.8) is 0 Å². The molecular weight excluding hydrogens is 274 g/mol. The summed E-state index contributed by atoms with van der Waals surface area (Å²) in [6.45, 7) is 3.38. The standard InChI is InChI=1S/C15H16NO3S/c1-2-16(14-8-4-3-5-9-14)12-13-7-6-10-15(11-13)20(17,18)19/h3-4,6-11H,2,12H2,1H3,(H,17,18,19). The normalized spacial score (nSPS) is 11.3. The Morgan fingerprint density at radius 1 is 1.25 bits per heavy atom. The molecule has 0 aliphatic rings. The molecule has 2 aromatic rings. The van der Waals surface area contributed by atoms with E-state index in [9.17, 15) is 8.42 Å². The zero-order valence-electron chi connectivity index (χ0n) is 11.2. The summed E-state index contributed by atoms with van der Waals surface area (Å²) in [5.41, 5.74) is 1.85. The van der Waals surface area contributed by atoms with Crippen LogP contribution >= 0.6 is 0 Å². The first-order chi connectivity index (χ1) is 9.50. The molecule has 5 heteroatoms. The van der Waals surface area contributed by atoms with E-state index in [1.54, 1.807) is 6.07 Å². The Bertz CT molecular complexity index is 669. The number of hydrogen-bond acceptors (Lipinski definition) is 3. The molecule has 0 aliphatic carbocycles. The van der Waals surface area contributed by atoms with Gasteiger partial charge in [-0.05, 0) is 42.8 Å². The van der Waals surface area contributed by atoms with Gasteiger partial charge < -0.3 is 4.90 Å². The van der Waals surface area contributed by atoms with Crippen molar-refractivity contribution in [3.8, 4) is 0 Å². The predicted octanol–water partition coefficient (Wildman–Crippen LogP) is 2.76. The van der Waals surface area contributed by atoms with Gasteiger partial charge in [0.25, 0.3) is 10.1 Å². The molecule has 0 unspecified atom stereocenters. The molecule has 105 valence electrons. The molecule has 0 bridgehead atoms. The SMILES string of the molecule is CCN(Cc1cccc(S(=O)(=O)O)c1)c1c[c]ccc1. The lowest BCUT2D eigenvalue weighted by Gasteiger charge is -2.23. The van der Waals surface area contributed by atoms with Crippen LogP contribution in [0.2, 0.25) is 0 Å². The van der Waals surface area contributed by atoms with Crippen LogP contribution in [0.4, 0.5) is 5.69 Å². The lowest BCUT2D eigenvalue weighted by Crippen LogP contribution is -2.22. The largest absolute Gasteiger partial charge is 0.367 e. The molecule has 0 aliphatic heterocycles. The highest BCUT2D eigenvalue weighted by Gasteiger charge is 2.11. The molecule has 0 atom stereocenters. The van der Waals surface area contributed by atoms with Crippen molar-refractivity contribution in [1.29, 1.82) is 0 Å². The van der Waals surface area contributed by atoms with E-state index in [-0.39, 0.29) is 4.90 Å². The van der Waals surface area contributed by atoms with Crippen LogP contribution in [0.25, 0.3) is 0 Å². The van der Waals surface area contributed by atoms with Gasteiger partial charge in [-0.2, -0.15) is 8.42 Å². The lowest BCUT2D eigenvalue weighted by molar-refractivity contribution is 0.483. The van der Waals surface area contributed by atoms with Crippen molar-refractivity contribution in [3.05, 3.63) is 60.2 Å². The van der Waals surface area contributed by atoms with Crippen molar-refractivity contribution in [1.82, 2.24) is 0 Å². The Morgan fingerprint density at radius 3 is 2.65 bits per heavy atom. The highest BCUT2D eigenvalue weighted by molar-refractivity contribution is 7.85. The van der Waals surface area contributed by atoms with Crippen molar-refractivity contribution in [2.45, 2.75) is 18.4 Å². The second kappa shape index (κ2) is 6.07. The summed E-state index contributed by atoms with van der Waals surface area (Å²) >= 11 is 0. The fourth-order valence-corrected chi connectivity index (χ4v) is 2.54. The van der Waals surface area contributed by atoms with Crippen LogP contribution in [0, 0.1) is 6.07 Å². The number of benzene rings is 2. The smallest absolute Gasteiger partial charge is 0.294 e. The minimum Gasteiger partial charge on any atom is -0.367 e. The predicted molar refractivity (Wildman–Crippen MR) is 78.3 cm³/mol. The minimum atomic E-state index is -4.16. The molecule has 0 fully saturated rings. The molecule has 0 aromatic heterocycles. The van der Waals surface area contributed by atoms with Gasteiger partial charge in [0.2, 0.25) is 0 Å². The highest BCUT2D eigenvalue weighted by atomic mass is 32.2. The van der Waals surface area contributed by atoms with Gasteiger partial charge in [-0.15, -0.1) is 0 Å². The molecular formula is C15H16NO3S. The Balaban J connectivity index is 2.25. The number of hydrogen-bond donors (Lipinski definition) is 1. The number of anilines is 1. The maximum atomic E-state index is 11.1. The third-order valence-electron chi connectivity index (χ3n) is 3.01. The third kappa shape index (κ3) is 3.59. The molecule has 0 saturated carbocycles. The van der Waals surface area contributed by atoms with E-state index < -0.39 is 10.1 Å². The Kier molecular flexibility index (Phi) is 4.42. The van der Waals surface area contributed by atoms with Crippen LogP contribution in [0.1, 0.15) is 12.5 Å². The summed E-state index contributed by atoms with van der Waals surface area (Å²) in [6, 6.07) is 17.0. The fourth-order valence-electron chi connectivity index (χ4n) is 1.99. The average molecular weight is 290 g/mol. The topological polar surface area (TPSA) is 57.6 Å². The molecule has 4 nitrogen and oxygen atoms in total. The molecule has 20 heavy (non-hydrogen) atoms. The summed E-state index contributed by atoms with van der Waals surface area (Å²) in [5, 5.41) is 0. The molecule has 2 rings (SSSR count). The van der Waals surface area contributed by atoms with Gasteiger partial charge in [-0.3, -0.25) is 4.55 Å². The Morgan fingerprint density at radius 2 is 2.05 bits per heavy atom. The van der Waals surface area contributed by atoms with E-state index in [4.69, 9.17) is 4.55 Å². The van der Waals surface area contributed by atoms with Crippen LogP contribution in [0.15, 0.2) is 53.4 Å². The molecule has 0 amide bonds. The summed E-state index contributed by atoms with van der Waals surface area (Å²) < 4.78 is 31.4. The maximum absolute atomic E-state index is 11.1. The highest BCUT2D eigenvalue weighted by Crippen LogP contribution is 2.18. The summed E-state index contributed by atoms with van der Waals surface area (Å²) in [5.74, 6) is 0. The minimum absolute atomic E-state index is 0.0781. The third-order valence-corrected chi connectivity index (χ3v) is 3.86. The van der Waals surface area contributed by atoms with Gasteiger partial charge in [0.15, 0.2) is 0 Å². The second-order valence-electron chi connectivity index (χ2n) is 4.40. The van der Waals surface area contributed by atoms with E-state index >= 15 is 0 Å². The molecule has 0 heterocycles. The molecule has 1 N–H and O–H groups in total. The summed E-state index contributed by atoms with van der Waals surface area (Å²) in [6.07, 6.45) is 0. The van der Waals surface area contributed by atoms with Crippen LogP contribution in [-0.4, -0.2) is 19.5 Å². The van der Waals surface area contributed by atoms with Crippen LogP contribution < -0.4 is 4.90 Å². The first-order valence-corrected chi connectivity index (χ1v) is 7.72. The van der Waals surface area contributed by atoms with Gasteiger partial charge in [-0.25, -0.2) is 0 Å². The van der Waals surface area contributed by atoms with Gasteiger partial charge in [0.1, 0.15) is 0 Å². The summed E-state index contributed by atoms with van der Waals surface area (Å²) in [4.78, 5) is 2.02. The monoisotopic (exact) mass is 290 g/mol. The zero-order chi connectivity index (χ0) is 14.6. The molecule has 0 saturated heterocycles. The average Bonchev–Trinajstić information content (AvgIpc) is 2.45. The summed E-state index contributed by atoms with van der Waals surface area (Å²) in [7, 11) is -4.16. The first-order valence-electron chi connectivity index (χ1n) is 6.28. The molecule has 2 aromatic carbocycles. The van der Waals surface area contributed by atoms with Gasteiger partial charge in [0, 0.05) is 18.8 Å². The Hall–Kier alpha value is -1.85. The number of rotatable bonds is 5. The lowest BCUT2D eigenvalue weighted by atomic mass is 10.2.